The van der Waals surface area contributed by atoms with Crippen LogP contribution in [-0.4, -0.2) is 41.0 Å². The molecule has 5 nitrogen and oxygen atoms in total. The minimum Gasteiger partial charge on any atom is -0.508 e. The summed E-state index contributed by atoms with van der Waals surface area (Å²) >= 11 is 1.41. The van der Waals surface area contributed by atoms with Crippen LogP contribution in [0.4, 0.5) is 0 Å². The van der Waals surface area contributed by atoms with Gasteiger partial charge in [-0.2, -0.15) is 0 Å². The lowest BCUT2D eigenvalue weighted by molar-refractivity contribution is 0.106. The SMILES string of the molecule is Oc1ccc(CCCNCC(O)COc2nccs2)cc1. The molecule has 0 radical (unpaired) electrons. The lowest BCUT2D eigenvalue weighted by Gasteiger charge is -2.11. The predicted octanol–water partition coefficient (Wildman–Crippen LogP) is 1.81. The van der Waals surface area contributed by atoms with E-state index < -0.39 is 6.10 Å². The second-order valence-electron chi connectivity index (χ2n) is 4.74. The zero-order valence-electron chi connectivity index (χ0n) is 11.7. The zero-order chi connectivity index (χ0) is 14.9. The van der Waals surface area contributed by atoms with Crippen LogP contribution in [0.25, 0.3) is 0 Å². The Bertz CT molecular complexity index is 502. The molecule has 0 amide bonds. The molecule has 3 N–H and O–H groups in total. The van der Waals surface area contributed by atoms with Crippen molar-refractivity contribution in [1.82, 2.24) is 10.3 Å². The highest BCUT2D eigenvalue weighted by Gasteiger charge is 2.05. The van der Waals surface area contributed by atoms with Crippen LogP contribution in [0.1, 0.15) is 12.0 Å². The maximum absolute atomic E-state index is 9.76. The zero-order valence-corrected chi connectivity index (χ0v) is 12.6. The number of hydrogen-bond donors (Lipinski definition) is 3. The van der Waals surface area contributed by atoms with E-state index in [2.05, 4.69) is 10.3 Å². The molecule has 0 aliphatic heterocycles. The number of phenolic OH excluding ortho intramolecular Hbond substituents is 1. The van der Waals surface area contributed by atoms with Crippen molar-refractivity contribution in [3.8, 4) is 10.9 Å². The molecular weight excluding hydrogens is 288 g/mol. The number of rotatable bonds is 9. The van der Waals surface area contributed by atoms with Gasteiger partial charge < -0.3 is 20.3 Å². The number of nitrogens with one attached hydrogen (secondary N) is 1. The highest BCUT2D eigenvalue weighted by molar-refractivity contribution is 7.11. The van der Waals surface area contributed by atoms with Gasteiger partial charge in [-0.1, -0.05) is 23.5 Å². The third-order valence-electron chi connectivity index (χ3n) is 2.94. The van der Waals surface area contributed by atoms with Crippen molar-refractivity contribution in [3.05, 3.63) is 41.4 Å². The van der Waals surface area contributed by atoms with Crippen molar-refractivity contribution < 1.29 is 14.9 Å². The Kier molecular flexibility index (Phi) is 6.46. The maximum atomic E-state index is 9.76. The highest BCUT2D eigenvalue weighted by atomic mass is 32.1. The number of benzene rings is 1. The predicted molar refractivity (Wildman–Crippen MR) is 82.9 cm³/mol. The van der Waals surface area contributed by atoms with Crippen molar-refractivity contribution in [1.29, 1.82) is 0 Å². The van der Waals surface area contributed by atoms with E-state index >= 15 is 0 Å². The normalized spacial score (nSPS) is 12.2. The first-order chi connectivity index (χ1) is 10.2. The number of aliphatic hydroxyl groups excluding tert-OH is 1. The average molecular weight is 308 g/mol. The van der Waals surface area contributed by atoms with E-state index in [-0.39, 0.29) is 6.61 Å². The molecule has 0 fully saturated rings. The molecule has 0 bridgehead atoms. The van der Waals surface area contributed by atoms with Gasteiger partial charge in [-0.25, -0.2) is 4.98 Å². The first-order valence-corrected chi connectivity index (χ1v) is 7.81. The second-order valence-corrected chi connectivity index (χ2v) is 5.59. The second kappa shape index (κ2) is 8.61. The monoisotopic (exact) mass is 308 g/mol. The molecule has 114 valence electrons. The van der Waals surface area contributed by atoms with Gasteiger partial charge in [0, 0.05) is 18.1 Å². The fraction of sp³-hybridized carbons (Fsp3) is 0.400. The number of aryl methyl sites for hydroxylation is 1. The Hall–Kier alpha value is -1.63. The molecule has 0 saturated carbocycles. The molecule has 0 saturated heterocycles. The summed E-state index contributed by atoms with van der Waals surface area (Å²) in [6.07, 6.45) is 3.06. The Morgan fingerprint density at radius 3 is 2.81 bits per heavy atom. The minimum absolute atomic E-state index is 0.248. The first-order valence-electron chi connectivity index (χ1n) is 6.93. The van der Waals surface area contributed by atoms with Gasteiger partial charge in [0.25, 0.3) is 5.19 Å². The molecule has 21 heavy (non-hydrogen) atoms. The van der Waals surface area contributed by atoms with E-state index in [4.69, 9.17) is 4.74 Å². The number of aromatic nitrogens is 1. The number of thiazole rings is 1. The number of hydrogen-bond acceptors (Lipinski definition) is 6. The smallest absolute Gasteiger partial charge is 0.273 e. The van der Waals surface area contributed by atoms with Gasteiger partial charge in [0.1, 0.15) is 18.5 Å². The summed E-state index contributed by atoms with van der Waals surface area (Å²) in [7, 11) is 0. The van der Waals surface area contributed by atoms with E-state index in [0.29, 0.717) is 17.5 Å². The summed E-state index contributed by atoms with van der Waals surface area (Å²) in [5.74, 6) is 0.292. The summed E-state index contributed by atoms with van der Waals surface area (Å²) < 4.78 is 5.34. The molecule has 1 aromatic carbocycles. The van der Waals surface area contributed by atoms with Crippen LogP contribution in [0.15, 0.2) is 35.8 Å². The van der Waals surface area contributed by atoms with Crippen LogP contribution >= 0.6 is 11.3 Å². The molecular formula is C15H20N2O3S. The molecule has 0 aliphatic rings. The van der Waals surface area contributed by atoms with Crippen LogP contribution in [-0.2, 0) is 6.42 Å². The highest BCUT2D eigenvalue weighted by Crippen LogP contribution is 2.13. The Morgan fingerprint density at radius 2 is 2.10 bits per heavy atom. The van der Waals surface area contributed by atoms with Gasteiger partial charge in [-0.3, -0.25) is 0 Å². The lowest BCUT2D eigenvalue weighted by Crippen LogP contribution is -2.32. The number of aliphatic hydroxyl groups is 1. The molecule has 1 unspecified atom stereocenters. The molecule has 1 heterocycles. The molecule has 1 atom stereocenters. The summed E-state index contributed by atoms with van der Waals surface area (Å²) in [5.41, 5.74) is 1.20. The largest absolute Gasteiger partial charge is 0.508 e. The molecule has 1 aromatic heterocycles. The number of ether oxygens (including phenoxy) is 1. The van der Waals surface area contributed by atoms with Crippen molar-refractivity contribution in [3.63, 3.8) is 0 Å². The lowest BCUT2D eigenvalue weighted by atomic mass is 10.1. The van der Waals surface area contributed by atoms with Gasteiger partial charge in [-0.05, 0) is 37.1 Å². The standard InChI is InChI=1S/C15H20N2O3S/c18-13-5-3-12(4-6-13)2-1-7-16-10-14(19)11-20-15-17-8-9-21-15/h3-6,8-9,14,16,18-19H,1-2,7,10-11H2. The third kappa shape index (κ3) is 6.12. The first kappa shape index (κ1) is 15.8. The quantitative estimate of drug-likeness (QED) is 0.616. The number of aromatic hydroxyl groups is 1. The molecule has 0 spiro atoms. The van der Waals surface area contributed by atoms with E-state index in [1.54, 1.807) is 18.3 Å². The summed E-state index contributed by atoms with van der Waals surface area (Å²) in [5, 5.41) is 24.6. The van der Waals surface area contributed by atoms with Crippen LogP contribution < -0.4 is 10.1 Å². The summed E-state index contributed by atoms with van der Waals surface area (Å²) in [6.45, 7) is 1.58. The molecule has 0 aliphatic carbocycles. The van der Waals surface area contributed by atoms with Crippen LogP contribution in [0.3, 0.4) is 0 Å². The van der Waals surface area contributed by atoms with Gasteiger partial charge in [0.15, 0.2) is 0 Å². The average Bonchev–Trinajstić information content (AvgIpc) is 3.00. The van der Waals surface area contributed by atoms with E-state index in [9.17, 15) is 10.2 Å². The van der Waals surface area contributed by atoms with Gasteiger partial charge in [0.2, 0.25) is 0 Å². The molecule has 2 rings (SSSR count). The Balaban J connectivity index is 1.52. The van der Waals surface area contributed by atoms with Gasteiger partial charge >= 0.3 is 0 Å². The van der Waals surface area contributed by atoms with Crippen molar-refractivity contribution >= 4 is 11.3 Å². The fourth-order valence-corrected chi connectivity index (χ4v) is 2.35. The summed E-state index contributed by atoms with van der Waals surface area (Å²) in [4.78, 5) is 3.98. The van der Waals surface area contributed by atoms with Gasteiger partial charge in [0.05, 0.1) is 0 Å². The van der Waals surface area contributed by atoms with Crippen molar-refractivity contribution in [2.75, 3.05) is 19.7 Å². The Labute approximate surface area is 128 Å². The Morgan fingerprint density at radius 1 is 1.29 bits per heavy atom. The summed E-state index contributed by atoms with van der Waals surface area (Å²) in [6, 6.07) is 7.24. The minimum atomic E-state index is -0.539. The third-order valence-corrected chi connectivity index (χ3v) is 3.63. The topological polar surface area (TPSA) is 74.6 Å². The fourth-order valence-electron chi connectivity index (χ4n) is 1.86. The van der Waals surface area contributed by atoms with Crippen LogP contribution in [0, 0.1) is 0 Å². The van der Waals surface area contributed by atoms with Gasteiger partial charge in [-0.15, -0.1) is 0 Å². The molecule has 2 aromatic rings. The van der Waals surface area contributed by atoms with Crippen molar-refractivity contribution in [2.45, 2.75) is 18.9 Å². The number of nitrogens with zero attached hydrogens (tertiary/aromatic N) is 1. The maximum Gasteiger partial charge on any atom is 0.273 e. The van der Waals surface area contributed by atoms with Crippen LogP contribution in [0.5, 0.6) is 10.9 Å². The van der Waals surface area contributed by atoms with E-state index in [1.165, 1.54) is 16.9 Å². The van der Waals surface area contributed by atoms with E-state index in [1.807, 2.05) is 17.5 Å². The number of phenols is 1. The molecule has 6 heteroatoms. The van der Waals surface area contributed by atoms with E-state index in [0.717, 1.165) is 19.4 Å². The van der Waals surface area contributed by atoms with Crippen LogP contribution in [0.2, 0.25) is 0 Å². The van der Waals surface area contributed by atoms with Crippen molar-refractivity contribution in [2.24, 2.45) is 0 Å².